The van der Waals surface area contributed by atoms with Crippen LogP contribution in [0, 0.1) is 0 Å². The zero-order valence-corrected chi connectivity index (χ0v) is 28.7. The molecule has 0 N–H and O–H groups in total. The van der Waals surface area contributed by atoms with Gasteiger partial charge >= 0.3 is 11.9 Å². The molecule has 6 heteroatoms. The van der Waals surface area contributed by atoms with Crippen molar-refractivity contribution in [2.45, 2.75) is 83.5 Å². The van der Waals surface area contributed by atoms with E-state index in [4.69, 9.17) is 18.9 Å². The molecule has 0 aromatic heterocycles. The summed E-state index contributed by atoms with van der Waals surface area (Å²) in [5, 5.41) is 0. The molecule has 7 heterocycles. The Bertz CT molecular complexity index is 1420. The summed E-state index contributed by atoms with van der Waals surface area (Å²) in [6.45, 7) is 2.29. The Morgan fingerprint density at radius 2 is 0.490 bits per heavy atom. The summed E-state index contributed by atoms with van der Waals surface area (Å²) in [4.78, 5) is 25.0. The first-order chi connectivity index (χ1) is 24.2. The van der Waals surface area contributed by atoms with Crippen LogP contribution in [0.1, 0.15) is 104 Å². The number of hydrogen-bond donors (Lipinski definition) is 0. The molecule has 6 nitrogen and oxygen atoms in total. The van der Waals surface area contributed by atoms with Crippen molar-refractivity contribution in [3.63, 3.8) is 0 Å². The van der Waals surface area contributed by atoms with Gasteiger partial charge in [-0.3, -0.25) is 0 Å². The molecule has 4 aromatic rings. The molecule has 0 atom stereocenters. The van der Waals surface area contributed by atoms with E-state index in [2.05, 4.69) is 24.3 Å². The molecule has 0 saturated heterocycles. The van der Waals surface area contributed by atoms with Gasteiger partial charge in [-0.25, -0.2) is 9.59 Å². The Morgan fingerprint density at radius 1 is 0.265 bits per heavy atom. The molecule has 258 valence electrons. The Kier molecular flexibility index (Phi) is 14.6. The monoisotopic (exact) mass is 662 g/mol. The number of esters is 2. The van der Waals surface area contributed by atoms with Crippen LogP contribution in [0.15, 0.2) is 97.1 Å². The molecule has 0 unspecified atom stereocenters. The van der Waals surface area contributed by atoms with Crippen LogP contribution in [0.2, 0.25) is 0 Å². The van der Waals surface area contributed by atoms with Crippen molar-refractivity contribution in [2.75, 3.05) is 26.4 Å². The van der Waals surface area contributed by atoms with Crippen molar-refractivity contribution >= 4 is 11.9 Å². The largest absolute Gasteiger partial charge is 0.494 e. The zero-order valence-electron chi connectivity index (χ0n) is 28.7. The molecule has 0 fully saturated rings. The summed E-state index contributed by atoms with van der Waals surface area (Å²) in [5.74, 6) is 1.20. The Labute approximate surface area is 291 Å². The summed E-state index contributed by atoms with van der Waals surface area (Å²) in [6, 6.07) is 31.5. The normalized spacial score (nSPS) is 16.7. The minimum Gasteiger partial charge on any atom is -0.494 e. The van der Waals surface area contributed by atoms with E-state index in [0.29, 0.717) is 37.6 Å². The van der Waals surface area contributed by atoms with Gasteiger partial charge in [-0.2, -0.15) is 0 Å². The lowest BCUT2D eigenvalue weighted by Crippen LogP contribution is -2.06. The Hall–Kier alpha value is -4.58. The number of carbonyl (C=O) groups is 2. The summed E-state index contributed by atoms with van der Waals surface area (Å²) >= 11 is 0. The second-order valence-electron chi connectivity index (χ2n) is 12.8. The summed E-state index contributed by atoms with van der Waals surface area (Å²) in [6.07, 6.45) is 13.8. The quantitative estimate of drug-likeness (QED) is 0.175. The van der Waals surface area contributed by atoms with Gasteiger partial charge in [-0.05, 0) is 96.5 Å². The lowest BCUT2D eigenvalue weighted by atomic mass is 10.0. The molecule has 7 aliphatic heterocycles. The molecular formula is C43H50O6. The third-order valence-corrected chi connectivity index (χ3v) is 8.95. The number of rotatable bonds is 0. The second kappa shape index (κ2) is 20.1. The van der Waals surface area contributed by atoms with Gasteiger partial charge in [0.05, 0.1) is 37.6 Å². The highest BCUT2D eigenvalue weighted by atomic mass is 16.5. The molecule has 4 aromatic carbocycles. The van der Waals surface area contributed by atoms with Gasteiger partial charge in [0, 0.05) is 0 Å². The van der Waals surface area contributed by atoms with E-state index >= 15 is 0 Å². The molecule has 0 amide bonds. The average Bonchev–Trinajstić information content (AvgIpc) is 3.14. The lowest BCUT2D eigenvalue weighted by Gasteiger charge is -2.09. The van der Waals surface area contributed by atoms with Crippen LogP contribution in [-0.4, -0.2) is 38.4 Å². The van der Waals surface area contributed by atoms with E-state index in [1.165, 1.54) is 12.8 Å². The minimum absolute atomic E-state index is 0.279. The smallest absolute Gasteiger partial charge is 0.338 e. The van der Waals surface area contributed by atoms with Crippen LogP contribution in [0.4, 0.5) is 0 Å². The van der Waals surface area contributed by atoms with Crippen LogP contribution in [0.25, 0.3) is 22.3 Å². The van der Waals surface area contributed by atoms with Gasteiger partial charge in [-0.1, -0.05) is 106 Å². The van der Waals surface area contributed by atoms with Gasteiger partial charge in [0.15, 0.2) is 0 Å². The molecule has 8 bridgehead atoms. The highest BCUT2D eigenvalue weighted by Crippen LogP contribution is 2.25. The summed E-state index contributed by atoms with van der Waals surface area (Å²) < 4.78 is 23.0. The number of benzene rings is 4. The van der Waals surface area contributed by atoms with Gasteiger partial charge in [0.2, 0.25) is 0 Å². The first-order valence-electron chi connectivity index (χ1n) is 18.2. The van der Waals surface area contributed by atoms with E-state index in [9.17, 15) is 9.59 Å². The maximum Gasteiger partial charge on any atom is 0.338 e. The first-order valence-corrected chi connectivity index (χ1v) is 18.2. The Morgan fingerprint density at radius 3 is 0.796 bits per heavy atom. The van der Waals surface area contributed by atoms with Gasteiger partial charge in [0.1, 0.15) is 11.5 Å². The van der Waals surface area contributed by atoms with E-state index in [-0.39, 0.29) is 11.9 Å². The molecular weight excluding hydrogens is 612 g/mol. The molecule has 7 aliphatic rings. The first kappa shape index (κ1) is 35.7. The van der Waals surface area contributed by atoms with Crippen molar-refractivity contribution in [3.05, 3.63) is 108 Å². The van der Waals surface area contributed by atoms with Crippen LogP contribution in [-0.2, 0) is 9.47 Å². The topological polar surface area (TPSA) is 71.1 Å². The number of carbonyl (C=O) groups excluding carboxylic acids is 2. The van der Waals surface area contributed by atoms with Crippen molar-refractivity contribution in [1.82, 2.24) is 0 Å². The zero-order chi connectivity index (χ0) is 33.9. The van der Waals surface area contributed by atoms with Crippen molar-refractivity contribution in [3.8, 4) is 33.8 Å². The minimum atomic E-state index is -0.279. The van der Waals surface area contributed by atoms with Crippen LogP contribution < -0.4 is 9.47 Å². The third-order valence-electron chi connectivity index (χ3n) is 8.95. The van der Waals surface area contributed by atoms with Crippen molar-refractivity contribution < 1.29 is 28.5 Å². The van der Waals surface area contributed by atoms with Gasteiger partial charge in [0.25, 0.3) is 0 Å². The van der Waals surface area contributed by atoms with Crippen LogP contribution >= 0.6 is 0 Å². The number of ether oxygens (including phenoxy) is 4. The molecule has 0 saturated carbocycles. The van der Waals surface area contributed by atoms with Crippen molar-refractivity contribution in [1.29, 1.82) is 0 Å². The van der Waals surface area contributed by atoms with E-state index in [1.54, 1.807) is 0 Å². The van der Waals surface area contributed by atoms with Crippen LogP contribution in [0.3, 0.4) is 0 Å². The van der Waals surface area contributed by atoms with Crippen LogP contribution in [0.5, 0.6) is 11.5 Å². The van der Waals surface area contributed by atoms with E-state index in [0.717, 1.165) is 104 Å². The fourth-order valence-corrected chi connectivity index (χ4v) is 5.96. The van der Waals surface area contributed by atoms with Gasteiger partial charge < -0.3 is 18.9 Å². The maximum atomic E-state index is 12.5. The number of hydrogen-bond acceptors (Lipinski definition) is 6. The fraction of sp³-hybridized carbons (Fsp3) is 0.395. The Balaban J connectivity index is 1.09. The fourth-order valence-electron chi connectivity index (χ4n) is 5.96. The molecule has 0 spiro atoms. The molecule has 0 radical (unpaired) electrons. The lowest BCUT2D eigenvalue weighted by molar-refractivity contribution is 0.0490. The molecule has 0 aliphatic carbocycles. The van der Waals surface area contributed by atoms with E-state index < -0.39 is 0 Å². The third kappa shape index (κ3) is 12.1. The van der Waals surface area contributed by atoms with E-state index in [1.807, 2.05) is 72.8 Å². The highest BCUT2D eigenvalue weighted by Gasteiger charge is 2.10. The maximum absolute atomic E-state index is 12.5. The average molecular weight is 663 g/mol. The summed E-state index contributed by atoms with van der Waals surface area (Å²) in [7, 11) is 0. The summed E-state index contributed by atoms with van der Waals surface area (Å²) in [5.41, 5.74) is 5.40. The van der Waals surface area contributed by atoms with Crippen molar-refractivity contribution in [2.24, 2.45) is 0 Å². The predicted molar refractivity (Wildman–Crippen MR) is 195 cm³/mol. The SMILES string of the molecule is O=C1OCCCCCCCCCOC(=O)c2ccc(cc2)-c2ccc(cc2)OCCCCCCCCOc2ccc(cc2)-c2ccc1cc2. The molecule has 49 heavy (non-hydrogen) atoms. The molecule has 11 rings (SSSR count). The predicted octanol–water partition coefficient (Wildman–Crippen LogP) is 10.9. The standard InChI is InChI=1S/C43H50O6/c44-42-38-18-14-34(15-19-38)36-22-26-40(27-23-36)46-30-10-6-4-5-7-11-31-47-41-28-24-37(25-29-41)35-16-20-39(21-17-35)43(45)49-33-13-9-3-1-2-8-12-32-48-42/h14-29H,1-13,30-33H2. The highest BCUT2D eigenvalue weighted by molar-refractivity contribution is 5.90. The second-order valence-corrected chi connectivity index (χ2v) is 12.8. The van der Waals surface area contributed by atoms with Gasteiger partial charge in [-0.15, -0.1) is 0 Å².